The van der Waals surface area contributed by atoms with E-state index in [-0.39, 0.29) is 11.9 Å². The molecule has 1 N–H and O–H groups in total. The zero-order valence-corrected chi connectivity index (χ0v) is 14.1. The number of ether oxygens (including phenoxy) is 1. The number of amides is 1. The van der Waals surface area contributed by atoms with Crippen LogP contribution in [0.4, 0.5) is 0 Å². The van der Waals surface area contributed by atoms with Gasteiger partial charge in [-0.1, -0.05) is 12.1 Å². The summed E-state index contributed by atoms with van der Waals surface area (Å²) in [6, 6.07) is 8.19. The largest absolute Gasteiger partial charge is 0.497 e. The molecule has 0 aliphatic heterocycles. The van der Waals surface area contributed by atoms with Crippen molar-refractivity contribution >= 4 is 17.2 Å². The van der Waals surface area contributed by atoms with Gasteiger partial charge in [-0.15, -0.1) is 11.3 Å². The number of hydrogen-bond donors (Lipinski definition) is 1. The third kappa shape index (κ3) is 5.15. The van der Waals surface area contributed by atoms with Crippen LogP contribution in [0, 0.1) is 6.92 Å². The van der Waals surface area contributed by atoms with Crippen molar-refractivity contribution in [2.75, 3.05) is 7.11 Å². The monoisotopic (exact) mass is 318 g/mol. The number of nitrogens with one attached hydrogen (secondary N) is 1. The fourth-order valence-corrected chi connectivity index (χ4v) is 2.84. The Hall–Kier alpha value is -1.88. The normalized spacial score (nSPS) is 12.0. The SMILES string of the molecule is COc1ccc(CCC(C)NC(=O)Cc2csc(C)n2)cc1. The van der Waals surface area contributed by atoms with Gasteiger partial charge in [-0.25, -0.2) is 4.98 Å². The summed E-state index contributed by atoms with van der Waals surface area (Å²) < 4.78 is 5.14. The lowest BCUT2D eigenvalue weighted by Gasteiger charge is -2.13. The number of carbonyl (C=O) groups is 1. The number of nitrogens with zero attached hydrogens (tertiary/aromatic N) is 1. The molecule has 0 spiro atoms. The zero-order valence-electron chi connectivity index (χ0n) is 13.3. The fraction of sp³-hybridized carbons (Fsp3) is 0.412. The van der Waals surface area contributed by atoms with E-state index in [4.69, 9.17) is 4.74 Å². The molecule has 0 fully saturated rings. The van der Waals surface area contributed by atoms with E-state index in [1.54, 1.807) is 18.4 Å². The maximum absolute atomic E-state index is 12.0. The van der Waals surface area contributed by atoms with E-state index in [1.807, 2.05) is 31.4 Å². The number of thiazole rings is 1. The molecular weight excluding hydrogens is 296 g/mol. The van der Waals surface area contributed by atoms with Gasteiger partial charge in [0.05, 0.1) is 24.2 Å². The number of carbonyl (C=O) groups excluding carboxylic acids is 1. The van der Waals surface area contributed by atoms with Crippen molar-refractivity contribution in [3.8, 4) is 5.75 Å². The predicted molar refractivity (Wildman–Crippen MR) is 89.5 cm³/mol. The Morgan fingerprint density at radius 1 is 1.36 bits per heavy atom. The van der Waals surface area contributed by atoms with Gasteiger partial charge < -0.3 is 10.1 Å². The molecule has 1 aromatic carbocycles. The molecule has 1 aromatic heterocycles. The molecule has 1 atom stereocenters. The Bertz CT molecular complexity index is 607. The molecule has 1 amide bonds. The standard InChI is InChI=1S/C17H22N2O2S/c1-12(4-5-14-6-8-16(21-3)9-7-14)18-17(20)10-15-11-22-13(2)19-15/h6-9,11-12H,4-5,10H2,1-3H3,(H,18,20). The van der Waals surface area contributed by atoms with Crippen molar-refractivity contribution < 1.29 is 9.53 Å². The van der Waals surface area contributed by atoms with Crippen LogP contribution in [0.15, 0.2) is 29.6 Å². The topological polar surface area (TPSA) is 51.2 Å². The quantitative estimate of drug-likeness (QED) is 0.853. The first-order chi connectivity index (χ1) is 10.6. The summed E-state index contributed by atoms with van der Waals surface area (Å²) in [5.74, 6) is 0.899. The molecule has 2 aromatic rings. The number of methoxy groups -OCH3 is 1. The van der Waals surface area contributed by atoms with E-state index in [0.29, 0.717) is 6.42 Å². The van der Waals surface area contributed by atoms with Crippen molar-refractivity contribution in [2.24, 2.45) is 0 Å². The number of aromatic nitrogens is 1. The van der Waals surface area contributed by atoms with Crippen LogP contribution >= 0.6 is 11.3 Å². The van der Waals surface area contributed by atoms with Gasteiger partial charge >= 0.3 is 0 Å². The third-order valence-corrected chi connectivity index (χ3v) is 4.26. The van der Waals surface area contributed by atoms with Crippen LogP contribution in [0.1, 0.15) is 29.6 Å². The average molecular weight is 318 g/mol. The number of benzene rings is 1. The smallest absolute Gasteiger partial charge is 0.226 e. The number of aryl methyl sites for hydroxylation is 2. The van der Waals surface area contributed by atoms with E-state index in [9.17, 15) is 4.79 Å². The molecule has 0 aliphatic carbocycles. The van der Waals surface area contributed by atoms with Crippen molar-refractivity contribution in [1.82, 2.24) is 10.3 Å². The highest BCUT2D eigenvalue weighted by Crippen LogP contribution is 2.13. The Morgan fingerprint density at radius 3 is 2.68 bits per heavy atom. The molecule has 0 saturated carbocycles. The third-order valence-electron chi connectivity index (χ3n) is 3.44. The van der Waals surface area contributed by atoms with Gasteiger partial charge in [-0.05, 0) is 44.4 Å². The van der Waals surface area contributed by atoms with Crippen LogP contribution in [0.5, 0.6) is 5.75 Å². The van der Waals surface area contributed by atoms with E-state index < -0.39 is 0 Å². The van der Waals surface area contributed by atoms with Crippen LogP contribution in [0.2, 0.25) is 0 Å². The zero-order chi connectivity index (χ0) is 15.9. The average Bonchev–Trinajstić information content (AvgIpc) is 2.90. The van der Waals surface area contributed by atoms with Crippen LogP contribution in [-0.4, -0.2) is 24.0 Å². The predicted octanol–water partition coefficient (Wildman–Crippen LogP) is 3.14. The molecule has 4 nitrogen and oxygen atoms in total. The van der Waals surface area contributed by atoms with Gasteiger partial charge in [-0.3, -0.25) is 4.79 Å². The molecule has 2 rings (SSSR count). The molecular formula is C17H22N2O2S. The minimum absolute atomic E-state index is 0.0348. The van der Waals surface area contributed by atoms with Crippen molar-refractivity contribution in [3.05, 3.63) is 45.9 Å². The second kappa shape index (κ2) is 7.94. The van der Waals surface area contributed by atoms with Gasteiger partial charge in [0.2, 0.25) is 5.91 Å². The van der Waals surface area contributed by atoms with Gasteiger partial charge in [0.15, 0.2) is 0 Å². The molecule has 1 unspecified atom stereocenters. The van der Waals surface area contributed by atoms with Gasteiger partial charge in [0.1, 0.15) is 5.75 Å². The molecule has 0 radical (unpaired) electrons. The van der Waals surface area contributed by atoms with E-state index in [0.717, 1.165) is 29.3 Å². The van der Waals surface area contributed by atoms with Crippen LogP contribution in [0.25, 0.3) is 0 Å². The summed E-state index contributed by atoms with van der Waals surface area (Å²) in [5.41, 5.74) is 2.10. The second-order valence-corrected chi connectivity index (χ2v) is 6.45. The molecule has 0 saturated heterocycles. The molecule has 118 valence electrons. The lowest BCUT2D eigenvalue weighted by atomic mass is 10.1. The lowest BCUT2D eigenvalue weighted by molar-refractivity contribution is -0.121. The minimum atomic E-state index is 0.0348. The van der Waals surface area contributed by atoms with Gasteiger partial charge in [0.25, 0.3) is 0 Å². The Balaban J connectivity index is 1.74. The first kappa shape index (κ1) is 16.5. The Morgan fingerprint density at radius 2 is 2.09 bits per heavy atom. The molecule has 1 heterocycles. The highest BCUT2D eigenvalue weighted by Gasteiger charge is 2.10. The molecule has 22 heavy (non-hydrogen) atoms. The van der Waals surface area contributed by atoms with Gasteiger partial charge in [-0.2, -0.15) is 0 Å². The van der Waals surface area contributed by atoms with Gasteiger partial charge in [0, 0.05) is 11.4 Å². The summed E-state index contributed by atoms with van der Waals surface area (Å²) >= 11 is 1.57. The highest BCUT2D eigenvalue weighted by molar-refractivity contribution is 7.09. The summed E-state index contributed by atoms with van der Waals surface area (Å²) in [5, 5.41) is 5.97. The maximum Gasteiger partial charge on any atom is 0.226 e. The second-order valence-electron chi connectivity index (χ2n) is 5.39. The van der Waals surface area contributed by atoms with Crippen LogP contribution in [0.3, 0.4) is 0 Å². The number of hydrogen-bond acceptors (Lipinski definition) is 4. The lowest BCUT2D eigenvalue weighted by Crippen LogP contribution is -2.34. The van der Waals surface area contributed by atoms with Crippen LogP contribution in [-0.2, 0) is 17.6 Å². The highest BCUT2D eigenvalue weighted by atomic mass is 32.1. The van der Waals surface area contributed by atoms with Crippen molar-refractivity contribution in [1.29, 1.82) is 0 Å². The first-order valence-electron chi connectivity index (χ1n) is 7.40. The summed E-state index contributed by atoms with van der Waals surface area (Å²) in [7, 11) is 1.66. The summed E-state index contributed by atoms with van der Waals surface area (Å²) in [6.45, 7) is 3.98. The molecule has 0 aliphatic rings. The minimum Gasteiger partial charge on any atom is -0.497 e. The van der Waals surface area contributed by atoms with E-state index in [1.165, 1.54) is 5.56 Å². The Kier molecular flexibility index (Phi) is 5.95. The van der Waals surface area contributed by atoms with E-state index >= 15 is 0 Å². The number of rotatable bonds is 7. The Labute approximate surface area is 135 Å². The fourth-order valence-electron chi connectivity index (χ4n) is 2.23. The first-order valence-corrected chi connectivity index (χ1v) is 8.28. The van der Waals surface area contributed by atoms with Crippen molar-refractivity contribution in [2.45, 2.75) is 39.2 Å². The summed E-state index contributed by atoms with van der Waals surface area (Å²) in [6.07, 6.45) is 2.20. The maximum atomic E-state index is 12.0. The molecule has 5 heteroatoms. The van der Waals surface area contributed by atoms with E-state index in [2.05, 4.69) is 22.4 Å². The molecule has 0 bridgehead atoms. The summed E-state index contributed by atoms with van der Waals surface area (Å²) in [4.78, 5) is 16.3. The van der Waals surface area contributed by atoms with Crippen LogP contribution < -0.4 is 10.1 Å². The van der Waals surface area contributed by atoms with Crippen molar-refractivity contribution in [3.63, 3.8) is 0 Å².